The number of amides is 1. The largest absolute Gasteiger partial charge is 0.483 e. The van der Waals surface area contributed by atoms with Crippen LogP contribution in [0.3, 0.4) is 0 Å². The van der Waals surface area contributed by atoms with Crippen molar-refractivity contribution >= 4 is 12.4 Å². The number of rotatable bonds is 3. The topological polar surface area (TPSA) is 135 Å². The molecule has 0 saturated heterocycles. The molecule has 0 saturated carbocycles. The van der Waals surface area contributed by atoms with Gasteiger partial charge < -0.3 is 15.0 Å². The molecule has 1 amide bonds. The predicted molar refractivity (Wildman–Crippen MR) is 108 cm³/mol. The number of imidazole rings is 1. The lowest BCUT2D eigenvalue weighted by Crippen LogP contribution is -2.38. The Labute approximate surface area is 177 Å². The van der Waals surface area contributed by atoms with E-state index < -0.39 is 0 Å². The average Bonchev–Trinajstić information content (AvgIpc) is 3.54. The summed E-state index contributed by atoms with van der Waals surface area (Å²) < 4.78 is 3.37. The third-order valence-electron chi connectivity index (χ3n) is 4.98. The highest BCUT2D eigenvalue weighted by Gasteiger charge is 2.33. The third-order valence-corrected chi connectivity index (χ3v) is 4.98. The molecule has 4 heterocycles. The number of para-hydroxylation sites is 1. The number of carboxylic acid groups (broad SMARTS) is 1. The monoisotopic (exact) mass is 420 g/mol. The van der Waals surface area contributed by atoms with Crippen molar-refractivity contribution in [3.8, 4) is 5.69 Å². The predicted octanol–water partition coefficient (Wildman–Crippen LogP) is 1.21. The molecule has 4 aromatic rings. The van der Waals surface area contributed by atoms with E-state index in [4.69, 9.17) is 9.90 Å². The number of fused-ring (bicyclic) bond motifs is 1. The Morgan fingerprint density at radius 3 is 2.74 bits per heavy atom. The van der Waals surface area contributed by atoms with Crippen LogP contribution in [0.2, 0.25) is 0 Å². The molecular weight excluding hydrogens is 400 g/mol. The van der Waals surface area contributed by atoms with Crippen molar-refractivity contribution in [2.24, 2.45) is 7.05 Å². The van der Waals surface area contributed by atoms with Gasteiger partial charge in [0.25, 0.3) is 12.4 Å². The first-order valence-corrected chi connectivity index (χ1v) is 9.46. The second-order valence-corrected chi connectivity index (χ2v) is 6.94. The highest BCUT2D eigenvalue weighted by molar-refractivity contribution is 5.92. The van der Waals surface area contributed by atoms with Crippen LogP contribution < -0.4 is 0 Å². The van der Waals surface area contributed by atoms with E-state index in [9.17, 15) is 4.79 Å². The summed E-state index contributed by atoms with van der Waals surface area (Å²) in [6.07, 6.45) is 7.12. The molecule has 3 aromatic heterocycles. The van der Waals surface area contributed by atoms with Gasteiger partial charge in [0.05, 0.1) is 42.3 Å². The molecule has 5 rings (SSSR count). The van der Waals surface area contributed by atoms with Gasteiger partial charge in [-0.15, -0.1) is 5.10 Å². The van der Waals surface area contributed by atoms with Crippen molar-refractivity contribution in [1.82, 2.24) is 39.6 Å². The second kappa shape index (κ2) is 8.61. The van der Waals surface area contributed by atoms with Crippen LogP contribution in [-0.4, -0.2) is 63.7 Å². The molecule has 2 N–H and O–H groups in total. The maximum absolute atomic E-state index is 13.1. The zero-order chi connectivity index (χ0) is 21.8. The summed E-state index contributed by atoms with van der Waals surface area (Å²) >= 11 is 0. The minimum atomic E-state index is -0.250. The average molecular weight is 420 g/mol. The Bertz CT molecular complexity index is 1180. The lowest BCUT2D eigenvalue weighted by molar-refractivity contribution is -0.122. The fraction of sp³-hybridized carbons (Fsp3) is 0.200. The molecule has 1 aromatic carbocycles. The molecule has 0 bridgehead atoms. The zero-order valence-electron chi connectivity index (χ0n) is 16.7. The summed E-state index contributed by atoms with van der Waals surface area (Å²) in [5.74, 6) is -0.187. The Hall–Kier alpha value is -4.28. The maximum Gasteiger partial charge on any atom is 0.290 e. The van der Waals surface area contributed by atoms with Gasteiger partial charge in [-0.05, 0) is 12.1 Å². The second-order valence-electron chi connectivity index (χ2n) is 6.94. The molecule has 0 radical (unpaired) electrons. The summed E-state index contributed by atoms with van der Waals surface area (Å²) in [5.41, 5.74) is 4.10. The van der Waals surface area contributed by atoms with Gasteiger partial charge in [0.15, 0.2) is 5.69 Å². The molecule has 11 nitrogen and oxygen atoms in total. The molecule has 31 heavy (non-hydrogen) atoms. The Morgan fingerprint density at radius 1 is 1.26 bits per heavy atom. The van der Waals surface area contributed by atoms with Crippen molar-refractivity contribution in [2.75, 3.05) is 6.54 Å². The van der Waals surface area contributed by atoms with E-state index in [0.29, 0.717) is 18.8 Å². The summed E-state index contributed by atoms with van der Waals surface area (Å²) in [7, 11) is 1.88. The molecule has 1 aliphatic rings. The zero-order valence-corrected chi connectivity index (χ0v) is 16.7. The van der Waals surface area contributed by atoms with Crippen molar-refractivity contribution < 1.29 is 14.7 Å². The first-order valence-electron chi connectivity index (χ1n) is 9.46. The fourth-order valence-electron chi connectivity index (χ4n) is 3.59. The van der Waals surface area contributed by atoms with E-state index in [0.717, 1.165) is 22.6 Å². The van der Waals surface area contributed by atoms with Gasteiger partial charge in [-0.25, -0.2) is 9.67 Å². The number of aryl methyl sites for hydroxylation is 1. The minimum absolute atomic E-state index is 0.0307. The summed E-state index contributed by atoms with van der Waals surface area (Å²) in [6, 6.07) is 9.60. The number of aromatic amines is 1. The first-order chi connectivity index (χ1) is 15.1. The maximum atomic E-state index is 13.1. The van der Waals surface area contributed by atoms with Gasteiger partial charge in [0.2, 0.25) is 0 Å². The van der Waals surface area contributed by atoms with Gasteiger partial charge in [-0.1, -0.05) is 23.4 Å². The molecule has 11 heteroatoms. The third kappa shape index (κ3) is 4.06. The van der Waals surface area contributed by atoms with Crippen LogP contribution in [0.15, 0.2) is 55.2 Å². The summed E-state index contributed by atoms with van der Waals surface area (Å²) in [6.45, 7) is 0.726. The molecule has 158 valence electrons. The molecule has 1 unspecified atom stereocenters. The van der Waals surface area contributed by atoms with Crippen molar-refractivity contribution in [2.45, 2.75) is 12.5 Å². The van der Waals surface area contributed by atoms with Crippen LogP contribution in [0.4, 0.5) is 0 Å². The Morgan fingerprint density at radius 2 is 2.03 bits per heavy atom. The number of hydrogen-bond acceptors (Lipinski definition) is 6. The van der Waals surface area contributed by atoms with Gasteiger partial charge >= 0.3 is 0 Å². The number of nitrogens with zero attached hydrogens (tertiary/aromatic N) is 7. The van der Waals surface area contributed by atoms with E-state index in [1.165, 1.54) is 0 Å². The van der Waals surface area contributed by atoms with E-state index >= 15 is 0 Å². The minimum Gasteiger partial charge on any atom is -0.483 e. The van der Waals surface area contributed by atoms with Gasteiger partial charge in [-0.2, -0.15) is 5.10 Å². The van der Waals surface area contributed by atoms with Crippen LogP contribution in [0, 0.1) is 0 Å². The quantitative estimate of drug-likeness (QED) is 0.476. The van der Waals surface area contributed by atoms with E-state index in [1.807, 2.05) is 49.8 Å². The smallest absolute Gasteiger partial charge is 0.290 e. The lowest BCUT2D eigenvalue weighted by Gasteiger charge is -2.31. The van der Waals surface area contributed by atoms with Crippen LogP contribution in [0.1, 0.15) is 33.4 Å². The molecule has 1 aliphatic heterocycles. The van der Waals surface area contributed by atoms with Crippen molar-refractivity contribution in [3.63, 3.8) is 0 Å². The van der Waals surface area contributed by atoms with Gasteiger partial charge in [-0.3, -0.25) is 14.3 Å². The van der Waals surface area contributed by atoms with E-state index in [1.54, 1.807) is 26.8 Å². The molecule has 0 fully saturated rings. The number of aromatic nitrogens is 7. The first kappa shape index (κ1) is 20.0. The standard InChI is InChI=1S/C19H18N8O.CH2O2/c1-25-8-13(7-22-25)15-9-26(10-16-18(15)21-12-20-16)19(28)17-11-27(24-23-17)14-5-3-2-4-6-14;2-1-3/h2-8,11-12,15H,9-10H2,1H3,(H,20,21);1H,(H,2,3). The molecule has 1 atom stereocenters. The van der Waals surface area contributed by atoms with Crippen LogP contribution in [0.25, 0.3) is 5.69 Å². The molecule has 0 spiro atoms. The van der Waals surface area contributed by atoms with Gasteiger partial charge in [0, 0.05) is 31.3 Å². The summed E-state index contributed by atoms with van der Waals surface area (Å²) in [5, 5.41) is 19.3. The normalized spacial score (nSPS) is 15.0. The van der Waals surface area contributed by atoms with Crippen LogP contribution in [0.5, 0.6) is 0 Å². The highest BCUT2D eigenvalue weighted by Crippen LogP contribution is 2.31. The Balaban J connectivity index is 0.000000730. The summed E-state index contributed by atoms with van der Waals surface area (Å²) in [4.78, 5) is 30.9. The Kier molecular flexibility index (Phi) is 5.56. The number of benzene rings is 1. The fourth-order valence-corrected chi connectivity index (χ4v) is 3.59. The molecule has 0 aliphatic carbocycles. The number of H-pyrrole nitrogens is 1. The van der Waals surface area contributed by atoms with Crippen LogP contribution in [-0.2, 0) is 18.4 Å². The van der Waals surface area contributed by atoms with E-state index in [2.05, 4.69) is 25.4 Å². The number of nitrogens with one attached hydrogen (secondary N) is 1. The SMILES string of the molecule is Cn1cc(C2CN(C(=O)c3cn(-c4ccccc4)nn3)Cc3[nH]cnc32)cn1.O=CO. The number of hydrogen-bond donors (Lipinski definition) is 2. The number of carbonyl (C=O) groups is 2. The van der Waals surface area contributed by atoms with Crippen LogP contribution >= 0.6 is 0 Å². The van der Waals surface area contributed by atoms with E-state index in [-0.39, 0.29) is 18.3 Å². The molecular formula is C20H20N8O3. The van der Waals surface area contributed by atoms with Crippen molar-refractivity contribution in [1.29, 1.82) is 0 Å². The van der Waals surface area contributed by atoms with Crippen molar-refractivity contribution in [3.05, 3.63) is 77.9 Å². The number of carbonyl (C=O) groups excluding carboxylic acids is 1. The lowest BCUT2D eigenvalue weighted by atomic mass is 9.93. The van der Waals surface area contributed by atoms with Gasteiger partial charge in [0.1, 0.15) is 0 Å². The highest BCUT2D eigenvalue weighted by atomic mass is 16.3.